The summed E-state index contributed by atoms with van der Waals surface area (Å²) in [6.45, 7) is 5.99. The van der Waals surface area contributed by atoms with Crippen molar-refractivity contribution in [3.05, 3.63) is 40.4 Å². The molecule has 0 aliphatic heterocycles. The normalized spacial score (nSPS) is 11.4. The highest BCUT2D eigenvalue weighted by Gasteiger charge is 2.18. The number of rotatable bonds is 2. The van der Waals surface area contributed by atoms with Gasteiger partial charge in [0.05, 0.1) is 18.5 Å². The molecule has 2 aromatic rings. The highest BCUT2D eigenvalue weighted by atomic mass is 16.5. The molecule has 0 fully saturated rings. The van der Waals surface area contributed by atoms with Gasteiger partial charge in [-0.2, -0.15) is 0 Å². The third-order valence-electron chi connectivity index (χ3n) is 2.98. The van der Waals surface area contributed by atoms with Gasteiger partial charge in [0.2, 0.25) is 0 Å². The Hall–Kier alpha value is -2.30. The fourth-order valence-corrected chi connectivity index (χ4v) is 1.85. The van der Waals surface area contributed by atoms with Crippen LogP contribution < -0.4 is 16.0 Å². The molecule has 0 unspecified atom stereocenters. The number of nitrogens with zero attached hydrogens (tertiary/aromatic N) is 1. The second-order valence-corrected chi connectivity index (χ2v) is 5.69. The van der Waals surface area contributed by atoms with Crippen molar-refractivity contribution in [3.63, 3.8) is 0 Å². The van der Waals surface area contributed by atoms with Crippen LogP contribution in [0.4, 0.5) is 5.69 Å². The molecule has 0 bridgehead atoms. The highest BCUT2D eigenvalue weighted by molar-refractivity contribution is 5.68. The number of anilines is 1. The van der Waals surface area contributed by atoms with Crippen molar-refractivity contribution in [1.82, 2.24) is 9.97 Å². The number of hydrogen-bond donors (Lipinski definition) is 2. The third kappa shape index (κ3) is 2.82. The predicted octanol–water partition coefficient (Wildman–Crippen LogP) is 2.33. The minimum Gasteiger partial charge on any atom is -0.495 e. The molecule has 0 saturated heterocycles. The summed E-state index contributed by atoms with van der Waals surface area (Å²) in [5, 5.41) is 0. The van der Waals surface area contributed by atoms with Crippen molar-refractivity contribution in [3.8, 4) is 17.0 Å². The molecule has 5 nitrogen and oxygen atoms in total. The average Bonchev–Trinajstić information content (AvgIpc) is 2.37. The zero-order valence-electron chi connectivity index (χ0n) is 12.2. The van der Waals surface area contributed by atoms with Gasteiger partial charge >= 0.3 is 0 Å². The molecule has 0 aliphatic rings. The van der Waals surface area contributed by atoms with E-state index in [-0.39, 0.29) is 11.0 Å². The van der Waals surface area contributed by atoms with Crippen LogP contribution in [0.3, 0.4) is 0 Å². The predicted molar refractivity (Wildman–Crippen MR) is 80.0 cm³/mol. The van der Waals surface area contributed by atoms with Crippen LogP contribution in [0.1, 0.15) is 26.6 Å². The maximum absolute atomic E-state index is 11.8. The molecule has 0 atom stereocenters. The molecular formula is C15H19N3O2. The van der Waals surface area contributed by atoms with E-state index in [0.29, 0.717) is 23.0 Å². The molecule has 20 heavy (non-hydrogen) atoms. The van der Waals surface area contributed by atoms with Gasteiger partial charge in [-0.1, -0.05) is 20.8 Å². The minimum atomic E-state index is -0.229. The van der Waals surface area contributed by atoms with Crippen LogP contribution >= 0.6 is 0 Å². The minimum absolute atomic E-state index is 0.172. The van der Waals surface area contributed by atoms with Crippen LogP contribution in [-0.2, 0) is 5.41 Å². The first kappa shape index (κ1) is 14.1. The fraction of sp³-hybridized carbons (Fsp3) is 0.333. The standard InChI is InChI=1S/C15H19N3O2/c1-15(2,3)14-17-11(8-13(19)18-14)9-5-6-12(20-4)10(16)7-9/h5-8H,16H2,1-4H3,(H,17,18,19). The van der Waals surface area contributed by atoms with Gasteiger partial charge in [0.1, 0.15) is 11.6 Å². The van der Waals surface area contributed by atoms with Crippen molar-refractivity contribution < 1.29 is 4.74 Å². The van der Waals surface area contributed by atoms with Crippen molar-refractivity contribution in [2.45, 2.75) is 26.2 Å². The molecule has 0 amide bonds. The maximum Gasteiger partial charge on any atom is 0.251 e. The number of nitrogen functional groups attached to an aromatic ring is 1. The third-order valence-corrected chi connectivity index (χ3v) is 2.98. The second kappa shape index (κ2) is 5.00. The lowest BCUT2D eigenvalue weighted by molar-refractivity contribution is 0.417. The summed E-state index contributed by atoms with van der Waals surface area (Å²) in [5.74, 6) is 1.25. The summed E-state index contributed by atoms with van der Waals surface area (Å²) in [6, 6.07) is 6.83. The molecule has 5 heteroatoms. The highest BCUT2D eigenvalue weighted by Crippen LogP contribution is 2.27. The topological polar surface area (TPSA) is 81.0 Å². The number of benzene rings is 1. The van der Waals surface area contributed by atoms with Crippen LogP contribution in [-0.4, -0.2) is 17.1 Å². The van der Waals surface area contributed by atoms with Crippen molar-refractivity contribution >= 4 is 5.69 Å². The van der Waals surface area contributed by atoms with Crippen molar-refractivity contribution in [2.75, 3.05) is 12.8 Å². The van der Waals surface area contributed by atoms with Gasteiger partial charge in [0, 0.05) is 17.0 Å². The van der Waals surface area contributed by atoms with E-state index >= 15 is 0 Å². The van der Waals surface area contributed by atoms with Gasteiger partial charge < -0.3 is 15.5 Å². The lowest BCUT2D eigenvalue weighted by Gasteiger charge is -2.17. The summed E-state index contributed by atoms with van der Waals surface area (Å²) < 4.78 is 5.12. The molecule has 0 radical (unpaired) electrons. The summed E-state index contributed by atoms with van der Waals surface area (Å²) in [7, 11) is 1.56. The number of methoxy groups -OCH3 is 1. The van der Waals surface area contributed by atoms with Gasteiger partial charge in [-0.15, -0.1) is 0 Å². The van der Waals surface area contributed by atoms with Crippen molar-refractivity contribution in [1.29, 1.82) is 0 Å². The Balaban J connectivity index is 2.56. The molecule has 106 valence electrons. The molecule has 1 heterocycles. The molecule has 2 rings (SSSR count). The molecule has 0 saturated carbocycles. The summed E-state index contributed by atoms with van der Waals surface area (Å²) in [6.07, 6.45) is 0. The summed E-state index contributed by atoms with van der Waals surface area (Å²) in [5.41, 5.74) is 7.41. The zero-order valence-corrected chi connectivity index (χ0v) is 12.2. The number of aromatic amines is 1. The Morgan fingerprint density at radius 3 is 2.50 bits per heavy atom. The Kier molecular flexibility index (Phi) is 3.53. The van der Waals surface area contributed by atoms with Gasteiger partial charge in [-0.3, -0.25) is 4.79 Å². The van der Waals surface area contributed by atoms with Crippen LogP contribution in [0.25, 0.3) is 11.3 Å². The van der Waals surface area contributed by atoms with E-state index in [4.69, 9.17) is 10.5 Å². The molecule has 3 N–H and O–H groups in total. The largest absolute Gasteiger partial charge is 0.495 e. The summed E-state index contributed by atoms with van der Waals surface area (Å²) in [4.78, 5) is 19.1. The van der Waals surface area contributed by atoms with Crippen molar-refractivity contribution in [2.24, 2.45) is 0 Å². The molecule has 1 aromatic carbocycles. The first-order valence-electron chi connectivity index (χ1n) is 6.37. The Labute approximate surface area is 117 Å². The molecule has 0 aliphatic carbocycles. The quantitative estimate of drug-likeness (QED) is 0.823. The Morgan fingerprint density at radius 1 is 1.25 bits per heavy atom. The number of nitrogens with one attached hydrogen (secondary N) is 1. The number of nitrogens with two attached hydrogens (primary N) is 1. The van der Waals surface area contributed by atoms with E-state index in [1.807, 2.05) is 26.8 Å². The second-order valence-electron chi connectivity index (χ2n) is 5.69. The van der Waals surface area contributed by atoms with Gasteiger partial charge in [-0.25, -0.2) is 4.98 Å². The molecule has 1 aromatic heterocycles. The first-order chi connectivity index (χ1) is 9.31. The lowest BCUT2D eigenvalue weighted by Crippen LogP contribution is -2.21. The van der Waals surface area contributed by atoms with E-state index in [0.717, 1.165) is 5.56 Å². The molecule has 0 spiro atoms. The first-order valence-corrected chi connectivity index (χ1v) is 6.37. The lowest BCUT2D eigenvalue weighted by atomic mass is 9.95. The maximum atomic E-state index is 11.8. The van der Waals surface area contributed by atoms with E-state index < -0.39 is 0 Å². The average molecular weight is 273 g/mol. The monoisotopic (exact) mass is 273 g/mol. The summed E-state index contributed by atoms with van der Waals surface area (Å²) >= 11 is 0. The van der Waals surface area contributed by atoms with Gasteiger partial charge in [-0.05, 0) is 18.2 Å². The van der Waals surface area contributed by atoms with Gasteiger partial charge in [0.25, 0.3) is 5.56 Å². The Bertz CT molecular complexity index is 684. The number of hydrogen-bond acceptors (Lipinski definition) is 4. The zero-order chi connectivity index (χ0) is 14.9. The number of aromatic nitrogens is 2. The fourth-order valence-electron chi connectivity index (χ4n) is 1.85. The number of H-pyrrole nitrogens is 1. The van der Waals surface area contributed by atoms with Crippen LogP contribution in [0.15, 0.2) is 29.1 Å². The molecular weight excluding hydrogens is 254 g/mol. The number of ether oxygens (including phenoxy) is 1. The van der Waals surface area contributed by atoms with E-state index in [1.165, 1.54) is 6.07 Å². The van der Waals surface area contributed by atoms with Crippen LogP contribution in [0.2, 0.25) is 0 Å². The van der Waals surface area contributed by atoms with Crippen LogP contribution in [0.5, 0.6) is 5.75 Å². The Morgan fingerprint density at radius 2 is 1.95 bits per heavy atom. The van der Waals surface area contributed by atoms with Gasteiger partial charge in [0.15, 0.2) is 0 Å². The van der Waals surface area contributed by atoms with E-state index in [1.54, 1.807) is 19.2 Å². The SMILES string of the molecule is COc1ccc(-c2cc(=O)[nH]c(C(C)(C)C)n2)cc1N. The van der Waals surface area contributed by atoms with E-state index in [2.05, 4.69) is 9.97 Å². The van der Waals surface area contributed by atoms with Crippen LogP contribution in [0, 0.1) is 0 Å². The smallest absolute Gasteiger partial charge is 0.251 e. The van der Waals surface area contributed by atoms with E-state index in [9.17, 15) is 4.79 Å².